The first-order valence-corrected chi connectivity index (χ1v) is 11.4. The number of allylic oxidation sites excluding steroid dienone is 1. The van der Waals surface area contributed by atoms with Crippen LogP contribution < -0.4 is 0 Å². The van der Waals surface area contributed by atoms with Crippen molar-refractivity contribution < 1.29 is 19.1 Å². The Hall–Kier alpha value is -1.32. The molecular weight excluding hydrogens is 352 g/mol. The molecule has 154 valence electrons. The zero-order valence-electron chi connectivity index (χ0n) is 17.6. The first-order chi connectivity index (χ1) is 13.3. The molecule has 0 aromatic heterocycles. The van der Waals surface area contributed by atoms with Crippen LogP contribution in [0.3, 0.4) is 0 Å². The lowest BCUT2D eigenvalue weighted by Crippen LogP contribution is -2.54. The van der Waals surface area contributed by atoms with E-state index < -0.39 is 0 Å². The molecule has 7 atom stereocenters. The average Bonchev–Trinajstić information content (AvgIpc) is 3.16. The number of rotatable bonds is 1. The highest BCUT2D eigenvalue weighted by Crippen LogP contribution is 2.69. The van der Waals surface area contributed by atoms with Crippen LogP contribution >= 0.6 is 0 Å². The van der Waals surface area contributed by atoms with E-state index in [0.717, 1.165) is 43.9 Å². The van der Waals surface area contributed by atoms with Gasteiger partial charge in [0, 0.05) is 18.8 Å². The minimum Gasteiger partial charge on any atom is -0.458 e. The van der Waals surface area contributed by atoms with Gasteiger partial charge in [-0.2, -0.15) is 0 Å². The molecule has 4 fully saturated rings. The summed E-state index contributed by atoms with van der Waals surface area (Å²) >= 11 is 0. The molecule has 0 unspecified atom stereocenters. The SMILES string of the molecule is CC(=O)O[C@H]1C=C2CC[C@H]3[C@H]4CC[C@@]5(CCC(=O)O5)[C@@]4(C)CC[C@@H]3[C@@]2(C)CC1. The van der Waals surface area contributed by atoms with Gasteiger partial charge < -0.3 is 9.47 Å². The molecule has 5 aliphatic rings. The van der Waals surface area contributed by atoms with E-state index >= 15 is 0 Å². The zero-order chi connectivity index (χ0) is 19.7. The van der Waals surface area contributed by atoms with Gasteiger partial charge in [0.2, 0.25) is 0 Å². The first-order valence-electron chi connectivity index (χ1n) is 11.4. The molecule has 1 heterocycles. The van der Waals surface area contributed by atoms with Crippen molar-refractivity contribution >= 4 is 11.9 Å². The molecule has 1 aliphatic heterocycles. The van der Waals surface area contributed by atoms with Gasteiger partial charge in [-0.05, 0) is 87.0 Å². The first kappa shape index (κ1) is 18.7. The topological polar surface area (TPSA) is 52.6 Å². The molecule has 3 saturated carbocycles. The molecule has 1 saturated heterocycles. The predicted octanol–water partition coefficient (Wildman–Crippen LogP) is 4.96. The Morgan fingerprint density at radius 1 is 1.04 bits per heavy atom. The van der Waals surface area contributed by atoms with Gasteiger partial charge in [0.15, 0.2) is 0 Å². The zero-order valence-corrected chi connectivity index (χ0v) is 17.6. The summed E-state index contributed by atoms with van der Waals surface area (Å²) in [6.45, 7) is 6.42. The van der Waals surface area contributed by atoms with Gasteiger partial charge in [0.1, 0.15) is 11.7 Å². The van der Waals surface area contributed by atoms with Crippen molar-refractivity contribution in [3.63, 3.8) is 0 Å². The Labute approximate surface area is 168 Å². The summed E-state index contributed by atoms with van der Waals surface area (Å²) in [6.07, 6.45) is 13.0. The maximum Gasteiger partial charge on any atom is 0.306 e. The van der Waals surface area contributed by atoms with Gasteiger partial charge in [0.05, 0.1) is 0 Å². The third-order valence-corrected chi connectivity index (χ3v) is 9.72. The minimum absolute atomic E-state index is 0.0219. The van der Waals surface area contributed by atoms with Crippen LogP contribution in [0.15, 0.2) is 11.6 Å². The van der Waals surface area contributed by atoms with Crippen LogP contribution in [0.5, 0.6) is 0 Å². The van der Waals surface area contributed by atoms with Crippen LogP contribution in [-0.4, -0.2) is 23.6 Å². The Bertz CT molecular complexity index is 741. The lowest BCUT2D eigenvalue weighted by atomic mass is 9.46. The van der Waals surface area contributed by atoms with Crippen molar-refractivity contribution in [3.8, 4) is 0 Å². The largest absolute Gasteiger partial charge is 0.458 e. The summed E-state index contributed by atoms with van der Waals surface area (Å²) < 4.78 is 11.6. The lowest BCUT2D eigenvalue weighted by Gasteiger charge is -2.59. The highest BCUT2D eigenvalue weighted by atomic mass is 16.6. The standard InChI is InChI=1S/C24H34O4/c1-15(25)27-17-6-10-22(2)16(14-17)4-5-18-19(22)7-11-23(3)20(18)8-12-24(23)13-9-21(26)28-24/h14,17-20H,4-13H2,1-3H3/t17-,18-,19+,20-,22+,23+,24-/m1/s1. The number of fused-ring (bicyclic) bond motifs is 6. The van der Waals surface area contributed by atoms with Crippen LogP contribution in [0.1, 0.15) is 85.0 Å². The number of hydrogen-bond donors (Lipinski definition) is 0. The van der Waals surface area contributed by atoms with Crippen molar-refractivity contribution in [2.24, 2.45) is 28.6 Å². The van der Waals surface area contributed by atoms with Gasteiger partial charge in [-0.15, -0.1) is 0 Å². The molecule has 4 heteroatoms. The number of carbonyl (C=O) groups is 2. The summed E-state index contributed by atoms with van der Waals surface area (Å²) in [6, 6.07) is 0. The average molecular weight is 387 g/mol. The lowest BCUT2D eigenvalue weighted by molar-refractivity contribution is -0.168. The fraction of sp³-hybridized carbons (Fsp3) is 0.833. The van der Waals surface area contributed by atoms with Crippen LogP contribution in [0.25, 0.3) is 0 Å². The Kier molecular flexibility index (Phi) is 4.07. The van der Waals surface area contributed by atoms with Gasteiger partial charge in [-0.3, -0.25) is 9.59 Å². The van der Waals surface area contributed by atoms with Crippen molar-refractivity contribution in [2.45, 2.75) is 96.7 Å². The maximum atomic E-state index is 12.0. The molecule has 4 aliphatic carbocycles. The second-order valence-electron chi connectivity index (χ2n) is 10.7. The monoisotopic (exact) mass is 386 g/mol. The van der Waals surface area contributed by atoms with Crippen LogP contribution in [0, 0.1) is 28.6 Å². The molecule has 28 heavy (non-hydrogen) atoms. The smallest absolute Gasteiger partial charge is 0.306 e. The van der Waals surface area contributed by atoms with E-state index in [1.165, 1.54) is 38.2 Å². The molecule has 0 radical (unpaired) electrons. The van der Waals surface area contributed by atoms with Crippen molar-refractivity contribution in [2.75, 3.05) is 0 Å². The third-order valence-electron chi connectivity index (χ3n) is 9.72. The molecular formula is C24H34O4. The van der Waals surface area contributed by atoms with Gasteiger partial charge in [0.25, 0.3) is 0 Å². The normalized spacial score (nSPS) is 49.7. The second kappa shape index (κ2) is 6.09. The van der Waals surface area contributed by atoms with E-state index in [1.54, 1.807) is 0 Å². The minimum atomic E-state index is -0.177. The molecule has 4 nitrogen and oxygen atoms in total. The van der Waals surface area contributed by atoms with Gasteiger partial charge >= 0.3 is 11.9 Å². The Morgan fingerprint density at radius 3 is 2.54 bits per heavy atom. The van der Waals surface area contributed by atoms with E-state index in [2.05, 4.69) is 19.9 Å². The quantitative estimate of drug-likeness (QED) is 0.472. The van der Waals surface area contributed by atoms with E-state index in [0.29, 0.717) is 12.3 Å². The highest BCUT2D eigenvalue weighted by molar-refractivity contribution is 5.72. The summed E-state index contributed by atoms with van der Waals surface area (Å²) in [5, 5.41) is 0. The number of ether oxygens (including phenoxy) is 2. The molecule has 0 amide bonds. The van der Waals surface area contributed by atoms with Crippen molar-refractivity contribution in [1.82, 2.24) is 0 Å². The number of hydrogen-bond acceptors (Lipinski definition) is 4. The summed E-state index contributed by atoms with van der Waals surface area (Å²) in [7, 11) is 0. The summed E-state index contributed by atoms with van der Waals surface area (Å²) in [5.74, 6) is 1.99. The van der Waals surface area contributed by atoms with Crippen LogP contribution in [0.2, 0.25) is 0 Å². The second-order valence-corrected chi connectivity index (χ2v) is 10.7. The number of carbonyl (C=O) groups excluding carboxylic acids is 2. The van der Waals surface area contributed by atoms with Crippen LogP contribution in [0.4, 0.5) is 0 Å². The van der Waals surface area contributed by atoms with Gasteiger partial charge in [-0.25, -0.2) is 0 Å². The van der Waals surface area contributed by atoms with Crippen molar-refractivity contribution in [3.05, 3.63) is 11.6 Å². The van der Waals surface area contributed by atoms with E-state index in [1.807, 2.05) is 0 Å². The van der Waals surface area contributed by atoms with Crippen LogP contribution in [-0.2, 0) is 19.1 Å². The number of esters is 2. The molecule has 0 aromatic rings. The highest BCUT2D eigenvalue weighted by Gasteiger charge is 2.67. The van der Waals surface area contributed by atoms with E-state index in [9.17, 15) is 9.59 Å². The Balaban J connectivity index is 1.42. The van der Waals surface area contributed by atoms with E-state index in [-0.39, 0.29) is 34.5 Å². The summed E-state index contributed by atoms with van der Waals surface area (Å²) in [4.78, 5) is 23.4. The molecule has 5 rings (SSSR count). The third kappa shape index (κ3) is 2.42. The summed E-state index contributed by atoms with van der Waals surface area (Å²) in [5.41, 5.74) is 1.77. The fourth-order valence-electron chi connectivity index (χ4n) is 8.30. The van der Waals surface area contributed by atoms with E-state index in [4.69, 9.17) is 9.47 Å². The van der Waals surface area contributed by atoms with Gasteiger partial charge in [-0.1, -0.05) is 19.4 Å². The molecule has 0 aromatic carbocycles. The fourth-order valence-corrected chi connectivity index (χ4v) is 8.30. The molecule has 0 bridgehead atoms. The maximum absolute atomic E-state index is 12.0. The molecule has 0 N–H and O–H groups in total. The predicted molar refractivity (Wildman–Crippen MR) is 105 cm³/mol. The van der Waals surface area contributed by atoms with Crippen molar-refractivity contribution in [1.29, 1.82) is 0 Å². The molecule has 1 spiro atoms. The Morgan fingerprint density at radius 2 is 1.82 bits per heavy atom.